The molecule has 1 radical (unpaired) electrons. The molecule has 0 unspecified atom stereocenters. The van der Waals surface area contributed by atoms with Crippen molar-refractivity contribution in [1.29, 1.82) is 0 Å². The zero-order valence-electron chi connectivity index (χ0n) is 6.18. The molecule has 1 aromatic rings. The highest BCUT2D eigenvalue weighted by Crippen LogP contribution is 1.91. The Morgan fingerprint density at radius 3 is 3.10 bits per heavy atom. The highest BCUT2D eigenvalue weighted by Gasteiger charge is 1.89. The number of aryl methyl sites for hydroxylation is 1. The quantitative estimate of drug-likeness (QED) is 0.523. The van der Waals surface area contributed by atoms with E-state index in [1.165, 1.54) is 0 Å². The van der Waals surface area contributed by atoms with Crippen LogP contribution < -0.4 is 0 Å². The van der Waals surface area contributed by atoms with E-state index in [0.29, 0.717) is 6.54 Å². The van der Waals surface area contributed by atoms with Crippen molar-refractivity contribution in [3.05, 3.63) is 18.0 Å². The third kappa shape index (κ3) is 1.63. The fourth-order valence-corrected chi connectivity index (χ4v) is 0.665. The van der Waals surface area contributed by atoms with Gasteiger partial charge in [0.05, 0.1) is 0 Å². The zero-order valence-corrected chi connectivity index (χ0v) is 6.18. The zero-order chi connectivity index (χ0) is 7.40. The number of hydrogen-bond acceptors (Lipinski definition) is 1. The molecular formula is C8H9N2. The lowest BCUT2D eigenvalue weighted by Gasteiger charge is -1.88. The minimum absolute atomic E-state index is 0.668. The van der Waals surface area contributed by atoms with Crippen LogP contribution in [-0.4, -0.2) is 9.78 Å². The van der Waals surface area contributed by atoms with E-state index in [2.05, 4.69) is 23.1 Å². The van der Waals surface area contributed by atoms with Crippen LogP contribution in [0.25, 0.3) is 0 Å². The minimum Gasteiger partial charge on any atom is -0.260 e. The van der Waals surface area contributed by atoms with E-state index >= 15 is 0 Å². The van der Waals surface area contributed by atoms with E-state index < -0.39 is 0 Å². The normalized spacial score (nSPS) is 8.60. The molecular weight excluding hydrogens is 124 g/mol. The molecule has 1 aromatic heterocycles. The minimum atomic E-state index is 0.668. The molecule has 2 nitrogen and oxygen atoms in total. The first-order chi connectivity index (χ1) is 4.83. The smallest absolute Gasteiger partial charge is 0.116 e. The maximum atomic E-state index is 3.94. The Balaban J connectivity index is 2.64. The van der Waals surface area contributed by atoms with Gasteiger partial charge < -0.3 is 0 Å². The largest absolute Gasteiger partial charge is 0.260 e. The molecule has 51 valence electrons. The molecule has 0 spiro atoms. The van der Waals surface area contributed by atoms with Crippen LogP contribution in [0.2, 0.25) is 0 Å². The van der Waals surface area contributed by atoms with Gasteiger partial charge in [-0.3, -0.25) is 4.68 Å². The van der Waals surface area contributed by atoms with Gasteiger partial charge in [0.15, 0.2) is 0 Å². The lowest BCUT2D eigenvalue weighted by Crippen LogP contribution is -1.94. The van der Waals surface area contributed by atoms with Crippen LogP contribution in [0.5, 0.6) is 0 Å². The van der Waals surface area contributed by atoms with E-state index in [1.807, 2.05) is 20.0 Å². The molecule has 0 atom stereocenters. The van der Waals surface area contributed by atoms with Gasteiger partial charge in [-0.2, -0.15) is 5.10 Å². The fraction of sp³-hybridized carbons (Fsp3) is 0.375. The predicted octanol–water partition coefficient (Wildman–Crippen LogP) is 1.02. The van der Waals surface area contributed by atoms with Crippen LogP contribution in [0.15, 0.2) is 6.20 Å². The average molecular weight is 133 g/mol. The molecule has 0 aliphatic rings. The van der Waals surface area contributed by atoms with Crippen molar-refractivity contribution in [3.63, 3.8) is 0 Å². The van der Waals surface area contributed by atoms with Crippen molar-refractivity contribution in [2.75, 3.05) is 0 Å². The Kier molecular flexibility index (Phi) is 2.11. The maximum absolute atomic E-state index is 3.94. The van der Waals surface area contributed by atoms with E-state index in [0.717, 1.165) is 5.56 Å². The van der Waals surface area contributed by atoms with Crippen LogP contribution in [-0.2, 0) is 6.54 Å². The van der Waals surface area contributed by atoms with E-state index in [-0.39, 0.29) is 0 Å². The molecule has 0 bridgehead atoms. The summed E-state index contributed by atoms with van der Waals surface area (Å²) in [6.45, 7) is 4.45. The molecule has 0 fully saturated rings. The van der Waals surface area contributed by atoms with Crippen LogP contribution in [0.1, 0.15) is 12.5 Å². The summed E-state index contributed by atoms with van der Waals surface area (Å²) in [7, 11) is 0. The Morgan fingerprint density at radius 2 is 2.60 bits per heavy atom. The second-order valence-electron chi connectivity index (χ2n) is 2.05. The lowest BCUT2D eigenvalue weighted by atomic mass is 10.4. The van der Waals surface area contributed by atoms with Gasteiger partial charge in [0.1, 0.15) is 12.7 Å². The molecule has 10 heavy (non-hydrogen) atoms. The predicted molar refractivity (Wildman–Crippen MR) is 39.3 cm³/mol. The van der Waals surface area contributed by atoms with Crippen molar-refractivity contribution < 1.29 is 0 Å². The van der Waals surface area contributed by atoms with Gasteiger partial charge in [-0.1, -0.05) is 5.92 Å². The SMILES string of the molecule is CC#CCn1cc(C)[c]n1. The first-order valence-corrected chi connectivity index (χ1v) is 3.14. The standard InChI is InChI=1S/C8H9N2/c1-3-4-5-10-7-8(2)6-9-10/h7H,5H2,1-2H3. The molecule has 0 aliphatic heterocycles. The van der Waals surface area contributed by atoms with Crippen LogP contribution in [0, 0.1) is 25.0 Å². The number of hydrogen-bond donors (Lipinski definition) is 0. The molecule has 0 aromatic carbocycles. The van der Waals surface area contributed by atoms with Crippen molar-refractivity contribution in [1.82, 2.24) is 9.78 Å². The Labute approximate surface area is 60.9 Å². The van der Waals surface area contributed by atoms with Gasteiger partial charge in [-0.05, 0) is 19.4 Å². The van der Waals surface area contributed by atoms with Crippen molar-refractivity contribution in [3.8, 4) is 11.8 Å². The lowest BCUT2D eigenvalue weighted by molar-refractivity contribution is 0.713. The third-order valence-corrected chi connectivity index (χ3v) is 1.12. The van der Waals surface area contributed by atoms with Crippen molar-refractivity contribution in [2.24, 2.45) is 0 Å². The second kappa shape index (κ2) is 3.07. The van der Waals surface area contributed by atoms with Crippen molar-refractivity contribution in [2.45, 2.75) is 20.4 Å². The summed E-state index contributed by atoms with van der Waals surface area (Å²) in [6, 6.07) is 0. The molecule has 1 heterocycles. The van der Waals surface area contributed by atoms with Gasteiger partial charge in [-0.25, -0.2) is 0 Å². The van der Waals surface area contributed by atoms with E-state index in [1.54, 1.807) is 4.68 Å². The first kappa shape index (κ1) is 6.88. The van der Waals surface area contributed by atoms with Crippen LogP contribution >= 0.6 is 0 Å². The number of aromatic nitrogens is 2. The Hall–Kier alpha value is -1.23. The number of rotatable bonds is 1. The monoisotopic (exact) mass is 133 g/mol. The van der Waals surface area contributed by atoms with Gasteiger partial charge in [-0.15, -0.1) is 5.92 Å². The topological polar surface area (TPSA) is 17.8 Å². The van der Waals surface area contributed by atoms with E-state index in [4.69, 9.17) is 0 Å². The summed E-state index contributed by atoms with van der Waals surface area (Å²) >= 11 is 0. The van der Waals surface area contributed by atoms with E-state index in [9.17, 15) is 0 Å². The average Bonchev–Trinajstić information content (AvgIpc) is 2.31. The van der Waals surface area contributed by atoms with Crippen molar-refractivity contribution >= 4 is 0 Å². The Morgan fingerprint density at radius 1 is 1.80 bits per heavy atom. The summed E-state index contributed by atoms with van der Waals surface area (Å²) < 4.78 is 1.77. The summed E-state index contributed by atoms with van der Waals surface area (Å²) in [5.41, 5.74) is 1.05. The summed E-state index contributed by atoms with van der Waals surface area (Å²) in [6.07, 6.45) is 4.74. The van der Waals surface area contributed by atoms with Gasteiger partial charge >= 0.3 is 0 Å². The van der Waals surface area contributed by atoms with Gasteiger partial charge in [0, 0.05) is 6.20 Å². The molecule has 2 heteroatoms. The molecule has 0 amide bonds. The van der Waals surface area contributed by atoms with Gasteiger partial charge in [0.2, 0.25) is 0 Å². The van der Waals surface area contributed by atoms with Crippen LogP contribution in [0.4, 0.5) is 0 Å². The van der Waals surface area contributed by atoms with Gasteiger partial charge in [0.25, 0.3) is 0 Å². The highest BCUT2D eigenvalue weighted by atomic mass is 15.3. The first-order valence-electron chi connectivity index (χ1n) is 3.14. The molecule has 0 N–H and O–H groups in total. The summed E-state index contributed by atoms with van der Waals surface area (Å²) in [5, 5.41) is 3.94. The summed E-state index contributed by atoms with van der Waals surface area (Å²) in [4.78, 5) is 0. The summed E-state index contributed by atoms with van der Waals surface area (Å²) in [5.74, 6) is 5.71. The fourth-order valence-electron chi connectivity index (χ4n) is 0.665. The molecule has 0 saturated carbocycles. The molecule has 0 saturated heterocycles. The maximum Gasteiger partial charge on any atom is 0.116 e. The third-order valence-electron chi connectivity index (χ3n) is 1.12. The number of nitrogens with zero attached hydrogens (tertiary/aromatic N) is 2. The second-order valence-corrected chi connectivity index (χ2v) is 2.05. The van der Waals surface area contributed by atoms with Crippen LogP contribution in [0.3, 0.4) is 0 Å². The highest BCUT2D eigenvalue weighted by molar-refractivity contribution is 5.01. The molecule has 0 aliphatic carbocycles. The Bertz CT molecular complexity index is 262. The molecule has 1 rings (SSSR count).